The second kappa shape index (κ2) is 6.49. The first-order chi connectivity index (χ1) is 9.79. The van der Waals surface area contributed by atoms with Crippen molar-refractivity contribution in [3.05, 3.63) is 16.5 Å². The van der Waals surface area contributed by atoms with Crippen LogP contribution in [-0.4, -0.2) is 36.8 Å². The number of nitrogens with zero attached hydrogens (tertiary/aromatic N) is 3. The molecule has 0 bridgehead atoms. The van der Waals surface area contributed by atoms with Crippen molar-refractivity contribution >= 4 is 17.4 Å². The first-order valence-electron chi connectivity index (χ1n) is 7.62. The van der Waals surface area contributed by atoms with E-state index in [1.165, 1.54) is 6.42 Å². The molecule has 0 saturated carbocycles. The number of rotatable bonds is 3. The molecular formula is C16H26ClN3O. The molecule has 1 fully saturated rings. The number of aromatic nitrogens is 2. The average Bonchev–Trinajstić information content (AvgIpc) is 2.41. The van der Waals surface area contributed by atoms with E-state index in [1.54, 1.807) is 0 Å². The normalized spacial score (nSPS) is 19.6. The molecule has 1 unspecified atom stereocenters. The maximum Gasteiger partial charge on any atom is 0.137 e. The fourth-order valence-corrected chi connectivity index (χ4v) is 2.78. The molecule has 4 nitrogen and oxygen atoms in total. The van der Waals surface area contributed by atoms with E-state index in [2.05, 4.69) is 37.7 Å². The largest absolute Gasteiger partial charge is 0.381 e. The van der Waals surface area contributed by atoms with Crippen LogP contribution in [0.15, 0.2) is 0 Å². The van der Waals surface area contributed by atoms with Gasteiger partial charge >= 0.3 is 0 Å². The SMILES string of the molecule is Cc1c(Cl)nc(C(C)(C)C)nc1N(C)CC1CCCOC1. The molecular weight excluding hydrogens is 286 g/mol. The number of hydrogen-bond acceptors (Lipinski definition) is 4. The van der Waals surface area contributed by atoms with Crippen LogP contribution in [0, 0.1) is 12.8 Å². The highest BCUT2D eigenvalue weighted by molar-refractivity contribution is 6.30. The van der Waals surface area contributed by atoms with Gasteiger partial charge in [0.15, 0.2) is 0 Å². The third kappa shape index (κ3) is 4.07. The Labute approximate surface area is 132 Å². The van der Waals surface area contributed by atoms with Crippen LogP contribution in [-0.2, 0) is 10.2 Å². The Morgan fingerprint density at radius 3 is 2.62 bits per heavy atom. The van der Waals surface area contributed by atoms with Crippen molar-refractivity contribution in [1.29, 1.82) is 0 Å². The van der Waals surface area contributed by atoms with Gasteiger partial charge in [0.1, 0.15) is 16.8 Å². The third-order valence-electron chi connectivity index (χ3n) is 3.88. The van der Waals surface area contributed by atoms with E-state index >= 15 is 0 Å². The highest BCUT2D eigenvalue weighted by Gasteiger charge is 2.23. The maximum atomic E-state index is 6.31. The van der Waals surface area contributed by atoms with Crippen LogP contribution in [0.1, 0.15) is 45.0 Å². The first-order valence-corrected chi connectivity index (χ1v) is 8.00. The van der Waals surface area contributed by atoms with Gasteiger partial charge in [0.2, 0.25) is 0 Å². The van der Waals surface area contributed by atoms with Gasteiger partial charge in [-0.15, -0.1) is 0 Å². The molecule has 2 rings (SSSR count). The van der Waals surface area contributed by atoms with Gasteiger partial charge in [-0.2, -0.15) is 0 Å². The summed E-state index contributed by atoms with van der Waals surface area (Å²) < 4.78 is 5.57. The predicted octanol–water partition coefficient (Wildman–Crippen LogP) is 3.60. The molecule has 118 valence electrons. The second-order valence-electron chi connectivity index (χ2n) is 7.00. The van der Waals surface area contributed by atoms with Crippen LogP contribution < -0.4 is 4.90 Å². The van der Waals surface area contributed by atoms with Crippen LogP contribution in [0.4, 0.5) is 5.82 Å². The zero-order valence-corrected chi connectivity index (χ0v) is 14.5. The molecule has 0 N–H and O–H groups in total. The lowest BCUT2D eigenvalue weighted by Gasteiger charge is -2.29. The molecule has 0 aromatic carbocycles. The summed E-state index contributed by atoms with van der Waals surface area (Å²) in [5.74, 6) is 2.29. The Kier molecular flexibility index (Phi) is 5.10. The number of anilines is 1. The Morgan fingerprint density at radius 1 is 1.33 bits per heavy atom. The minimum absolute atomic E-state index is 0.110. The summed E-state index contributed by atoms with van der Waals surface area (Å²) in [6.07, 6.45) is 2.36. The molecule has 21 heavy (non-hydrogen) atoms. The van der Waals surface area contributed by atoms with E-state index in [0.717, 1.165) is 43.4 Å². The van der Waals surface area contributed by atoms with Gasteiger partial charge in [-0.1, -0.05) is 32.4 Å². The van der Waals surface area contributed by atoms with Gasteiger partial charge < -0.3 is 9.64 Å². The topological polar surface area (TPSA) is 38.2 Å². The molecule has 1 aromatic heterocycles. The van der Waals surface area contributed by atoms with Gasteiger partial charge in [0.25, 0.3) is 0 Å². The summed E-state index contributed by atoms with van der Waals surface area (Å²) in [7, 11) is 2.08. The van der Waals surface area contributed by atoms with E-state index in [0.29, 0.717) is 11.1 Å². The van der Waals surface area contributed by atoms with Crippen molar-refractivity contribution in [1.82, 2.24) is 9.97 Å². The van der Waals surface area contributed by atoms with Crippen molar-refractivity contribution < 1.29 is 4.74 Å². The molecule has 5 heteroatoms. The second-order valence-corrected chi connectivity index (χ2v) is 7.36. The molecule has 1 aromatic rings. The molecule has 2 heterocycles. The lowest BCUT2D eigenvalue weighted by molar-refractivity contribution is 0.0576. The van der Waals surface area contributed by atoms with Crippen molar-refractivity contribution in [2.75, 3.05) is 31.7 Å². The first kappa shape index (κ1) is 16.5. The van der Waals surface area contributed by atoms with Crippen LogP contribution in [0.2, 0.25) is 5.15 Å². The molecule has 0 radical (unpaired) electrons. The van der Waals surface area contributed by atoms with Crippen LogP contribution >= 0.6 is 11.6 Å². The average molecular weight is 312 g/mol. The summed E-state index contributed by atoms with van der Waals surface area (Å²) in [5.41, 5.74) is 0.838. The third-order valence-corrected chi connectivity index (χ3v) is 4.25. The van der Waals surface area contributed by atoms with Gasteiger partial charge in [0.05, 0.1) is 6.61 Å². The van der Waals surface area contributed by atoms with Gasteiger partial charge in [-0.3, -0.25) is 0 Å². The van der Waals surface area contributed by atoms with E-state index in [4.69, 9.17) is 21.3 Å². The van der Waals surface area contributed by atoms with Crippen molar-refractivity contribution in [2.45, 2.75) is 46.0 Å². The van der Waals surface area contributed by atoms with Crippen LogP contribution in [0.25, 0.3) is 0 Å². The predicted molar refractivity (Wildman–Crippen MR) is 87.3 cm³/mol. The highest BCUT2D eigenvalue weighted by atomic mass is 35.5. The minimum Gasteiger partial charge on any atom is -0.381 e. The fraction of sp³-hybridized carbons (Fsp3) is 0.750. The van der Waals surface area contributed by atoms with Crippen LogP contribution in [0.3, 0.4) is 0 Å². The van der Waals surface area contributed by atoms with Crippen molar-refractivity contribution in [2.24, 2.45) is 5.92 Å². The minimum atomic E-state index is -0.110. The zero-order chi connectivity index (χ0) is 15.6. The maximum absolute atomic E-state index is 6.31. The van der Waals surface area contributed by atoms with E-state index in [9.17, 15) is 0 Å². The fourth-order valence-electron chi connectivity index (χ4n) is 2.61. The van der Waals surface area contributed by atoms with Gasteiger partial charge in [-0.05, 0) is 25.7 Å². The van der Waals surface area contributed by atoms with Crippen LogP contribution in [0.5, 0.6) is 0 Å². The van der Waals surface area contributed by atoms with Gasteiger partial charge in [-0.25, -0.2) is 9.97 Å². The number of hydrogen-bond donors (Lipinski definition) is 0. The molecule has 1 saturated heterocycles. The molecule has 0 aliphatic carbocycles. The molecule has 1 atom stereocenters. The van der Waals surface area contributed by atoms with E-state index in [1.807, 2.05) is 6.92 Å². The quantitative estimate of drug-likeness (QED) is 0.799. The van der Waals surface area contributed by atoms with E-state index in [-0.39, 0.29) is 5.41 Å². The van der Waals surface area contributed by atoms with Crippen molar-refractivity contribution in [3.63, 3.8) is 0 Å². The zero-order valence-electron chi connectivity index (χ0n) is 13.7. The van der Waals surface area contributed by atoms with E-state index < -0.39 is 0 Å². The van der Waals surface area contributed by atoms with Crippen molar-refractivity contribution in [3.8, 4) is 0 Å². The molecule has 1 aliphatic heterocycles. The summed E-state index contributed by atoms with van der Waals surface area (Å²) in [5, 5.41) is 0.552. The highest BCUT2D eigenvalue weighted by Crippen LogP contribution is 2.28. The number of halogens is 1. The Bertz CT molecular complexity index is 493. The Morgan fingerprint density at radius 2 is 2.05 bits per heavy atom. The Balaban J connectivity index is 2.22. The molecule has 0 amide bonds. The monoisotopic (exact) mass is 311 g/mol. The lowest BCUT2D eigenvalue weighted by Crippen LogP contribution is -2.32. The smallest absolute Gasteiger partial charge is 0.137 e. The molecule has 1 aliphatic rings. The standard InChI is InChI=1S/C16H26ClN3O/c1-11-13(17)18-15(16(2,3)4)19-14(11)20(5)9-12-7-6-8-21-10-12/h12H,6-10H2,1-5H3. The molecule has 0 spiro atoms. The Hall–Kier alpha value is -0.870. The summed E-state index contributed by atoms with van der Waals surface area (Å²) >= 11 is 6.31. The summed E-state index contributed by atoms with van der Waals surface area (Å²) in [6.45, 7) is 11.0. The lowest BCUT2D eigenvalue weighted by atomic mass is 9.95. The summed E-state index contributed by atoms with van der Waals surface area (Å²) in [4.78, 5) is 11.4. The summed E-state index contributed by atoms with van der Waals surface area (Å²) in [6, 6.07) is 0. The van der Waals surface area contributed by atoms with Gasteiger partial charge in [0, 0.05) is 31.2 Å². The number of ether oxygens (including phenoxy) is 1.